The average molecular weight is 201 g/mol. The number of nitrogen functional groups attached to an aromatic ring is 1. The lowest BCUT2D eigenvalue weighted by atomic mass is 10.2. The number of anilines is 2. The number of aromatic nitrogens is 2. The first kappa shape index (κ1) is 8.52. The van der Waals surface area contributed by atoms with Gasteiger partial charge in [-0.15, -0.1) is 5.10 Å². The second-order valence-electron chi connectivity index (χ2n) is 3.00. The van der Waals surface area contributed by atoms with Crippen LogP contribution in [0.25, 0.3) is 0 Å². The van der Waals surface area contributed by atoms with Crippen molar-refractivity contribution in [3.63, 3.8) is 0 Å². The Balaban J connectivity index is 2.26. The van der Waals surface area contributed by atoms with E-state index in [1.54, 1.807) is 0 Å². The van der Waals surface area contributed by atoms with E-state index in [9.17, 15) is 0 Å². The smallest absolute Gasteiger partial charge is 0.172 e. The Morgan fingerprint density at radius 1 is 1.62 bits per heavy atom. The molecule has 2 heterocycles. The zero-order chi connectivity index (χ0) is 9.42. The summed E-state index contributed by atoms with van der Waals surface area (Å²) < 4.78 is 0. The van der Waals surface area contributed by atoms with Gasteiger partial charge in [0.25, 0.3) is 0 Å². The van der Waals surface area contributed by atoms with Gasteiger partial charge < -0.3 is 15.7 Å². The van der Waals surface area contributed by atoms with Gasteiger partial charge >= 0.3 is 0 Å². The third kappa shape index (κ3) is 1.40. The second-order valence-corrected chi connectivity index (χ2v) is 3.37. The molecule has 6 heteroatoms. The molecule has 0 unspecified atom stereocenters. The summed E-state index contributed by atoms with van der Waals surface area (Å²) in [4.78, 5) is 1.83. The van der Waals surface area contributed by atoms with Crippen LogP contribution in [-0.4, -0.2) is 34.5 Å². The summed E-state index contributed by atoms with van der Waals surface area (Å²) in [5.74, 6) is 0.548. The molecule has 0 radical (unpaired) electrons. The predicted octanol–water partition coefficient (Wildman–Crippen LogP) is -0.107. The summed E-state index contributed by atoms with van der Waals surface area (Å²) in [6, 6.07) is 0. The second kappa shape index (κ2) is 3.01. The van der Waals surface area contributed by atoms with E-state index < -0.39 is 0 Å². The highest BCUT2D eigenvalue weighted by Gasteiger charge is 2.27. The first-order valence-electron chi connectivity index (χ1n) is 3.88. The molecule has 0 spiro atoms. The van der Waals surface area contributed by atoms with E-state index in [4.69, 9.17) is 22.4 Å². The largest absolute Gasteiger partial charge is 0.396 e. The highest BCUT2D eigenvalue weighted by molar-refractivity contribution is 6.35. The number of hydrogen-bond donors (Lipinski definition) is 2. The number of aliphatic hydroxyl groups is 1. The summed E-state index contributed by atoms with van der Waals surface area (Å²) in [5.41, 5.74) is 5.96. The van der Waals surface area contributed by atoms with Gasteiger partial charge in [0.15, 0.2) is 5.82 Å². The number of nitrogens with zero attached hydrogens (tertiary/aromatic N) is 3. The molecule has 1 fully saturated rings. The highest BCUT2D eigenvalue weighted by Crippen LogP contribution is 2.30. The zero-order valence-electron chi connectivity index (χ0n) is 6.81. The first-order chi connectivity index (χ1) is 6.18. The fraction of sp³-hybridized carbons (Fsp3) is 0.429. The van der Waals surface area contributed by atoms with Crippen molar-refractivity contribution >= 4 is 23.1 Å². The van der Waals surface area contributed by atoms with Crippen LogP contribution in [0, 0.1) is 0 Å². The molecule has 1 aromatic rings. The van der Waals surface area contributed by atoms with E-state index in [2.05, 4.69) is 10.2 Å². The third-order valence-electron chi connectivity index (χ3n) is 1.96. The monoisotopic (exact) mass is 200 g/mol. The maximum Gasteiger partial charge on any atom is 0.172 e. The molecule has 0 aromatic carbocycles. The lowest BCUT2D eigenvalue weighted by Crippen LogP contribution is -2.51. The molecule has 0 atom stereocenters. The van der Waals surface area contributed by atoms with Gasteiger partial charge in [-0.2, -0.15) is 5.10 Å². The summed E-state index contributed by atoms with van der Waals surface area (Å²) in [6.07, 6.45) is 1.11. The Morgan fingerprint density at radius 3 is 2.92 bits per heavy atom. The van der Waals surface area contributed by atoms with Gasteiger partial charge in [-0.1, -0.05) is 11.6 Å². The molecule has 1 saturated heterocycles. The molecule has 1 aliphatic heterocycles. The quantitative estimate of drug-likeness (QED) is 0.662. The Labute approximate surface area is 80.1 Å². The molecule has 1 aliphatic rings. The third-order valence-corrected chi connectivity index (χ3v) is 2.35. The number of aliphatic hydroxyl groups excluding tert-OH is 1. The minimum atomic E-state index is -0.292. The van der Waals surface area contributed by atoms with E-state index in [0.29, 0.717) is 29.6 Å². The minimum Gasteiger partial charge on any atom is -0.396 e. The normalized spacial score (nSPS) is 17.2. The van der Waals surface area contributed by atoms with Crippen molar-refractivity contribution in [1.29, 1.82) is 0 Å². The number of rotatable bonds is 1. The molecular formula is C7H9ClN4O. The fourth-order valence-electron chi connectivity index (χ4n) is 1.21. The molecule has 13 heavy (non-hydrogen) atoms. The van der Waals surface area contributed by atoms with Crippen LogP contribution in [0.3, 0.4) is 0 Å². The average Bonchev–Trinajstić information content (AvgIpc) is 2.05. The Bertz CT molecular complexity index is 326. The molecule has 0 amide bonds. The van der Waals surface area contributed by atoms with Gasteiger partial charge in [0, 0.05) is 13.1 Å². The van der Waals surface area contributed by atoms with Gasteiger partial charge in [0.05, 0.1) is 18.0 Å². The number of hydrogen-bond acceptors (Lipinski definition) is 5. The van der Waals surface area contributed by atoms with Crippen LogP contribution < -0.4 is 10.6 Å². The van der Waals surface area contributed by atoms with Crippen LogP contribution in [-0.2, 0) is 0 Å². The standard InChI is InChI=1S/C7H9ClN4O/c8-6-5(9)1-10-11-7(6)12-2-4(13)3-12/h1,4,13H,2-3H2,(H2,9,11). The maximum atomic E-state index is 9.08. The topological polar surface area (TPSA) is 75.3 Å². The van der Waals surface area contributed by atoms with E-state index >= 15 is 0 Å². The van der Waals surface area contributed by atoms with E-state index in [0.717, 1.165) is 0 Å². The number of halogens is 1. The van der Waals surface area contributed by atoms with Crippen LogP contribution >= 0.6 is 11.6 Å². The van der Waals surface area contributed by atoms with E-state index in [1.807, 2.05) is 4.90 Å². The Hall–Kier alpha value is -1.07. The Kier molecular flexibility index (Phi) is 1.97. The highest BCUT2D eigenvalue weighted by atomic mass is 35.5. The van der Waals surface area contributed by atoms with Gasteiger partial charge in [0.1, 0.15) is 5.02 Å². The van der Waals surface area contributed by atoms with Crippen LogP contribution in [0.15, 0.2) is 6.20 Å². The molecule has 0 bridgehead atoms. The summed E-state index contributed by atoms with van der Waals surface area (Å²) in [6.45, 7) is 1.08. The molecule has 1 aromatic heterocycles. The lowest BCUT2D eigenvalue weighted by molar-refractivity contribution is 0.141. The molecule has 5 nitrogen and oxygen atoms in total. The van der Waals surface area contributed by atoms with Crippen LogP contribution in [0.5, 0.6) is 0 Å². The van der Waals surface area contributed by atoms with Gasteiger partial charge in [-0.25, -0.2) is 0 Å². The van der Waals surface area contributed by atoms with Gasteiger partial charge in [-0.05, 0) is 0 Å². The molecule has 3 N–H and O–H groups in total. The first-order valence-corrected chi connectivity index (χ1v) is 4.26. The van der Waals surface area contributed by atoms with Gasteiger partial charge in [0.2, 0.25) is 0 Å². The Morgan fingerprint density at radius 2 is 2.31 bits per heavy atom. The number of nitrogens with two attached hydrogens (primary N) is 1. The van der Waals surface area contributed by atoms with Crippen molar-refractivity contribution in [2.24, 2.45) is 0 Å². The lowest BCUT2D eigenvalue weighted by Gasteiger charge is -2.36. The van der Waals surface area contributed by atoms with Crippen molar-refractivity contribution in [3.8, 4) is 0 Å². The van der Waals surface area contributed by atoms with Crippen LogP contribution in [0.2, 0.25) is 5.02 Å². The zero-order valence-corrected chi connectivity index (χ0v) is 7.57. The van der Waals surface area contributed by atoms with Crippen molar-refractivity contribution in [2.75, 3.05) is 23.7 Å². The van der Waals surface area contributed by atoms with Crippen molar-refractivity contribution < 1.29 is 5.11 Å². The maximum absolute atomic E-state index is 9.08. The summed E-state index contributed by atoms with van der Waals surface area (Å²) >= 11 is 5.90. The molecule has 0 saturated carbocycles. The molecular weight excluding hydrogens is 192 g/mol. The predicted molar refractivity (Wildman–Crippen MR) is 49.7 cm³/mol. The van der Waals surface area contributed by atoms with Gasteiger partial charge in [-0.3, -0.25) is 0 Å². The minimum absolute atomic E-state index is 0.292. The SMILES string of the molecule is Nc1cnnc(N2CC(O)C2)c1Cl. The van der Waals surface area contributed by atoms with Crippen LogP contribution in [0.1, 0.15) is 0 Å². The van der Waals surface area contributed by atoms with Crippen molar-refractivity contribution in [1.82, 2.24) is 10.2 Å². The summed E-state index contributed by atoms with van der Waals surface area (Å²) in [7, 11) is 0. The molecule has 0 aliphatic carbocycles. The number of β-amino-alcohol motifs (C(OH)–C–C–N with tert-alkyl or cyclic N) is 1. The van der Waals surface area contributed by atoms with Crippen molar-refractivity contribution in [3.05, 3.63) is 11.2 Å². The van der Waals surface area contributed by atoms with E-state index in [-0.39, 0.29) is 6.10 Å². The van der Waals surface area contributed by atoms with Crippen LogP contribution in [0.4, 0.5) is 11.5 Å². The molecule has 2 rings (SSSR count). The van der Waals surface area contributed by atoms with Crippen molar-refractivity contribution in [2.45, 2.75) is 6.10 Å². The summed E-state index contributed by atoms with van der Waals surface area (Å²) in [5, 5.41) is 17.0. The molecule has 70 valence electrons. The van der Waals surface area contributed by atoms with E-state index in [1.165, 1.54) is 6.20 Å². The fourth-order valence-corrected chi connectivity index (χ4v) is 1.41.